The smallest absolute Gasteiger partial charge is 0.299 e. The molecule has 0 aliphatic heterocycles. The molecule has 0 bridgehead atoms. The summed E-state index contributed by atoms with van der Waals surface area (Å²) in [6.45, 7) is 8.51. The van der Waals surface area contributed by atoms with Gasteiger partial charge in [-0.2, -0.15) is 8.42 Å². The van der Waals surface area contributed by atoms with E-state index in [0.29, 0.717) is 32.1 Å². The van der Waals surface area contributed by atoms with E-state index in [9.17, 15) is 37.3 Å². The summed E-state index contributed by atoms with van der Waals surface area (Å²) in [6, 6.07) is 0. The molecular weight excluding hydrogens is 701 g/mol. The predicted molar refractivity (Wildman–Crippen MR) is 221 cm³/mol. The van der Waals surface area contributed by atoms with E-state index in [1.54, 1.807) is 0 Å². The Bertz CT molecular complexity index is 1360. The van der Waals surface area contributed by atoms with E-state index < -0.39 is 60.6 Å². The number of Topliss-reactive ketones (excluding diaryl/α,β-unsaturated/α-hetero) is 4. The third-order valence-corrected chi connectivity index (χ3v) is 11.5. The lowest BCUT2D eigenvalue weighted by atomic mass is 9.82. The van der Waals surface area contributed by atoms with Crippen molar-refractivity contribution in [3.63, 3.8) is 0 Å². The molecule has 0 fully saturated rings. The number of aromatic hydroxyl groups is 1. The first-order valence-electron chi connectivity index (χ1n) is 22.0. The van der Waals surface area contributed by atoms with Gasteiger partial charge >= 0.3 is 0 Å². The van der Waals surface area contributed by atoms with Gasteiger partial charge in [-0.15, -0.1) is 0 Å². The van der Waals surface area contributed by atoms with Gasteiger partial charge in [0.2, 0.25) is 0 Å². The fourth-order valence-corrected chi connectivity index (χ4v) is 8.17. The first-order valence-corrected chi connectivity index (χ1v) is 23.4. The van der Waals surface area contributed by atoms with Crippen LogP contribution >= 0.6 is 0 Å². The normalized spacial score (nSPS) is 11.6. The SMILES string of the molecule is CCCCCCCCCCCC(=O)c1c(C(=O)CCCCCCCCC)c(C(=O)CCCCCCCC)c(C(=O)CCCCCCC)c(O)c1S(=O)(=O)O. The van der Waals surface area contributed by atoms with Gasteiger partial charge in [-0.3, -0.25) is 23.7 Å². The second-order valence-electron chi connectivity index (χ2n) is 15.5. The number of hydrogen-bond donors (Lipinski definition) is 2. The molecule has 0 amide bonds. The van der Waals surface area contributed by atoms with E-state index in [1.807, 2.05) is 0 Å². The van der Waals surface area contributed by atoms with Crippen LogP contribution in [0.1, 0.15) is 268 Å². The number of carbonyl (C=O) groups is 4. The second-order valence-corrected chi connectivity index (χ2v) is 16.8. The van der Waals surface area contributed by atoms with Crippen LogP contribution in [-0.2, 0) is 10.1 Å². The largest absolute Gasteiger partial charge is 0.506 e. The Morgan fingerprint density at radius 2 is 0.593 bits per heavy atom. The Morgan fingerprint density at radius 1 is 0.370 bits per heavy atom. The number of phenolic OH excluding ortho intramolecular Hbond substituents is 1. The first-order chi connectivity index (χ1) is 26.0. The van der Waals surface area contributed by atoms with Crippen molar-refractivity contribution in [2.24, 2.45) is 0 Å². The third-order valence-electron chi connectivity index (χ3n) is 10.6. The molecule has 0 aromatic heterocycles. The highest BCUT2D eigenvalue weighted by Gasteiger charge is 2.39. The highest BCUT2D eigenvalue weighted by Crippen LogP contribution is 2.40. The molecule has 0 radical (unpaired) electrons. The maximum absolute atomic E-state index is 14.3. The summed E-state index contributed by atoms with van der Waals surface area (Å²) in [5, 5.41) is 11.6. The molecule has 0 spiro atoms. The molecular formula is C45H76O8S. The van der Waals surface area contributed by atoms with Crippen molar-refractivity contribution in [3.05, 3.63) is 22.3 Å². The Kier molecular flexibility index (Phi) is 27.4. The second kappa shape index (κ2) is 29.8. The molecule has 0 atom stereocenters. The lowest BCUT2D eigenvalue weighted by Gasteiger charge is -2.21. The molecule has 9 heteroatoms. The molecule has 0 saturated heterocycles. The fourth-order valence-electron chi connectivity index (χ4n) is 7.35. The van der Waals surface area contributed by atoms with Crippen molar-refractivity contribution < 1.29 is 37.3 Å². The minimum absolute atomic E-state index is 0.0167. The van der Waals surface area contributed by atoms with E-state index >= 15 is 0 Å². The number of ketones is 4. The standard InChI is InChI=1S/C45H76O8S/c1-5-9-13-17-20-21-23-27-31-35-39(49)43-41(37(47)33-30-26-22-18-14-10-6-2)40(36(46)32-29-25-19-15-11-7-3)42(44(50)45(43)54(51,52)53)38(48)34-28-24-16-12-8-4/h50H,5-35H2,1-4H3,(H,51,52,53). The molecule has 1 aromatic rings. The molecule has 1 aromatic carbocycles. The molecule has 0 heterocycles. The minimum atomic E-state index is -5.30. The van der Waals surface area contributed by atoms with E-state index in [1.165, 1.54) is 19.3 Å². The molecule has 8 nitrogen and oxygen atoms in total. The monoisotopic (exact) mass is 777 g/mol. The van der Waals surface area contributed by atoms with Crippen LogP contribution in [-0.4, -0.2) is 41.2 Å². The number of benzene rings is 1. The van der Waals surface area contributed by atoms with Crippen molar-refractivity contribution in [2.45, 2.75) is 232 Å². The Hall–Kier alpha value is -2.39. The lowest BCUT2D eigenvalue weighted by Crippen LogP contribution is -2.24. The number of rotatable bonds is 36. The first kappa shape index (κ1) is 49.6. The summed E-state index contributed by atoms with van der Waals surface area (Å²) in [6.07, 6.45) is 24.5. The maximum Gasteiger partial charge on any atom is 0.299 e. The summed E-state index contributed by atoms with van der Waals surface area (Å²) < 4.78 is 36.7. The number of phenols is 1. The van der Waals surface area contributed by atoms with Gasteiger partial charge < -0.3 is 5.11 Å². The van der Waals surface area contributed by atoms with Crippen LogP contribution in [0.3, 0.4) is 0 Å². The van der Waals surface area contributed by atoms with Crippen LogP contribution in [0, 0.1) is 0 Å². The van der Waals surface area contributed by atoms with Crippen LogP contribution in [0.5, 0.6) is 5.75 Å². The van der Waals surface area contributed by atoms with Gasteiger partial charge in [0.1, 0.15) is 10.6 Å². The van der Waals surface area contributed by atoms with E-state index in [0.717, 1.165) is 122 Å². The number of carbonyl (C=O) groups excluding carboxylic acids is 4. The maximum atomic E-state index is 14.3. The zero-order valence-corrected chi connectivity index (χ0v) is 35.5. The van der Waals surface area contributed by atoms with Crippen molar-refractivity contribution in [1.29, 1.82) is 0 Å². The molecule has 0 saturated carbocycles. The van der Waals surface area contributed by atoms with Gasteiger partial charge in [-0.1, -0.05) is 175 Å². The Labute approximate surface area is 329 Å². The van der Waals surface area contributed by atoms with Crippen molar-refractivity contribution >= 4 is 33.3 Å². The minimum Gasteiger partial charge on any atom is -0.506 e. The Morgan fingerprint density at radius 3 is 0.870 bits per heavy atom. The van der Waals surface area contributed by atoms with Crippen LogP contribution < -0.4 is 0 Å². The van der Waals surface area contributed by atoms with Gasteiger partial charge in [0.15, 0.2) is 23.1 Å². The zero-order chi connectivity index (χ0) is 40.2. The lowest BCUT2D eigenvalue weighted by molar-refractivity contribution is 0.0918. The number of unbranched alkanes of at least 4 members (excludes halogenated alkanes) is 23. The number of hydrogen-bond acceptors (Lipinski definition) is 7. The van der Waals surface area contributed by atoms with E-state index in [-0.39, 0.29) is 31.2 Å². The van der Waals surface area contributed by atoms with Crippen molar-refractivity contribution in [2.75, 3.05) is 0 Å². The van der Waals surface area contributed by atoms with E-state index in [4.69, 9.17) is 0 Å². The average molecular weight is 777 g/mol. The average Bonchev–Trinajstić information content (AvgIpc) is 3.13. The van der Waals surface area contributed by atoms with Crippen LogP contribution in [0.15, 0.2) is 4.90 Å². The summed E-state index contributed by atoms with van der Waals surface area (Å²) in [4.78, 5) is 55.6. The molecule has 0 unspecified atom stereocenters. The fraction of sp³-hybridized carbons (Fsp3) is 0.778. The Balaban J connectivity index is 3.73. The van der Waals surface area contributed by atoms with Gasteiger partial charge in [-0.05, 0) is 25.7 Å². The summed E-state index contributed by atoms with van der Waals surface area (Å²) in [5.41, 5.74) is -1.92. The van der Waals surface area contributed by atoms with Gasteiger partial charge in [-0.25, -0.2) is 0 Å². The summed E-state index contributed by atoms with van der Waals surface area (Å²) in [7, 11) is -5.30. The quantitative estimate of drug-likeness (QED) is 0.0389. The predicted octanol–water partition coefficient (Wildman–Crippen LogP) is 13.5. The third kappa shape index (κ3) is 19.0. The van der Waals surface area contributed by atoms with Gasteiger partial charge in [0, 0.05) is 36.8 Å². The molecule has 0 aliphatic carbocycles. The highest BCUT2D eigenvalue weighted by atomic mass is 32.2. The zero-order valence-electron chi connectivity index (χ0n) is 34.7. The van der Waals surface area contributed by atoms with Crippen molar-refractivity contribution in [3.8, 4) is 5.75 Å². The van der Waals surface area contributed by atoms with Crippen LogP contribution in [0.4, 0.5) is 0 Å². The molecule has 310 valence electrons. The summed E-state index contributed by atoms with van der Waals surface area (Å²) in [5.74, 6) is -3.64. The van der Waals surface area contributed by atoms with Crippen LogP contribution in [0.2, 0.25) is 0 Å². The summed E-state index contributed by atoms with van der Waals surface area (Å²) >= 11 is 0. The molecule has 1 rings (SSSR count). The molecule has 2 N–H and O–H groups in total. The van der Waals surface area contributed by atoms with E-state index in [2.05, 4.69) is 27.7 Å². The topological polar surface area (TPSA) is 143 Å². The van der Waals surface area contributed by atoms with Crippen molar-refractivity contribution in [1.82, 2.24) is 0 Å². The van der Waals surface area contributed by atoms with Gasteiger partial charge in [0.05, 0.1) is 11.1 Å². The highest BCUT2D eigenvalue weighted by molar-refractivity contribution is 7.86. The van der Waals surface area contributed by atoms with Crippen LogP contribution in [0.25, 0.3) is 0 Å². The molecule has 0 aliphatic rings. The van der Waals surface area contributed by atoms with Gasteiger partial charge in [0.25, 0.3) is 10.1 Å². The molecule has 54 heavy (non-hydrogen) atoms.